The number of pyridine rings is 1. The van der Waals surface area contributed by atoms with Crippen molar-refractivity contribution in [2.24, 2.45) is 7.05 Å². The molecular weight excluding hydrogens is 452 g/mol. The Bertz CT molecular complexity index is 1960. The largest absolute Gasteiger partial charge is 0.286 e. The molecular formula is C33H28N4+2. The van der Waals surface area contributed by atoms with Gasteiger partial charge in [0.05, 0.1) is 13.2 Å². The van der Waals surface area contributed by atoms with Crippen molar-refractivity contribution >= 4 is 32.8 Å². The summed E-state index contributed by atoms with van der Waals surface area (Å²) in [5.74, 6) is 2.31. The quantitative estimate of drug-likeness (QED) is 0.259. The Balaban J connectivity index is 1.61. The minimum absolute atomic E-state index is 1.14. The maximum atomic E-state index is 2.41. The zero-order chi connectivity index (χ0) is 25.1. The summed E-state index contributed by atoms with van der Waals surface area (Å²) in [6.45, 7) is 4.47. The first-order chi connectivity index (χ1) is 18.1. The van der Waals surface area contributed by atoms with E-state index in [9.17, 15) is 0 Å². The molecule has 0 radical (unpaired) electrons. The van der Waals surface area contributed by atoms with Crippen molar-refractivity contribution in [1.82, 2.24) is 9.13 Å². The maximum Gasteiger partial charge on any atom is 0.286 e. The van der Waals surface area contributed by atoms with E-state index < -0.39 is 0 Å². The van der Waals surface area contributed by atoms with Crippen LogP contribution >= 0.6 is 0 Å². The van der Waals surface area contributed by atoms with Gasteiger partial charge in [-0.2, -0.15) is 13.7 Å². The van der Waals surface area contributed by atoms with Gasteiger partial charge in [0.2, 0.25) is 0 Å². The van der Waals surface area contributed by atoms with E-state index in [1.165, 1.54) is 55.6 Å². The van der Waals surface area contributed by atoms with Crippen LogP contribution in [0.4, 0.5) is 0 Å². The smallest absolute Gasteiger partial charge is 0.237 e. The van der Waals surface area contributed by atoms with E-state index in [-0.39, 0.29) is 0 Å². The molecule has 4 heteroatoms. The molecule has 178 valence electrons. The Labute approximate surface area is 215 Å². The van der Waals surface area contributed by atoms with Crippen LogP contribution in [0.2, 0.25) is 0 Å². The molecule has 0 aliphatic rings. The maximum absolute atomic E-state index is 2.41. The summed E-state index contributed by atoms with van der Waals surface area (Å²) in [6, 6.07) is 39.0. The Morgan fingerprint density at radius 1 is 0.595 bits per heavy atom. The second-order valence-electron chi connectivity index (χ2n) is 9.67. The van der Waals surface area contributed by atoms with E-state index in [2.05, 4.69) is 155 Å². The van der Waals surface area contributed by atoms with Crippen molar-refractivity contribution in [2.75, 3.05) is 0 Å². The first-order valence-electron chi connectivity index (χ1n) is 12.7. The van der Waals surface area contributed by atoms with Gasteiger partial charge in [-0.3, -0.25) is 0 Å². The zero-order valence-corrected chi connectivity index (χ0v) is 21.3. The molecule has 0 fully saturated rings. The van der Waals surface area contributed by atoms with Crippen molar-refractivity contribution in [2.45, 2.75) is 13.8 Å². The molecule has 7 aromatic rings. The monoisotopic (exact) mass is 480 g/mol. The summed E-state index contributed by atoms with van der Waals surface area (Å²) < 4.78 is 9.36. The van der Waals surface area contributed by atoms with Gasteiger partial charge in [0, 0.05) is 29.3 Å². The minimum atomic E-state index is 1.14. The molecule has 0 unspecified atom stereocenters. The molecule has 0 atom stereocenters. The van der Waals surface area contributed by atoms with Crippen LogP contribution in [0.15, 0.2) is 115 Å². The standard InChI is InChI=1S/C33H28N4/c1-23-28(36-24(2)35(25-13-5-4-6-14-25)30-17-9-10-18-31(30)36)21-20-27-26-15-7-8-16-29(26)37(33(23)27)32-19-11-12-22-34(32)3/h4-22H,1-3H3/q+2. The van der Waals surface area contributed by atoms with E-state index in [4.69, 9.17) is 0 Å². The van der Waals surface area contributed by atoms with Gasteiger partial charge in [0.1, 0.15) is 22.4 Å². The molecule has 3 heterocycles. The number of para-hydroxylation sites is 4. The van der Waals surface area contributed by atoms with Gasteiger partial charge in [0.15, 0.2) is 11.0 Å². The van der Waals surface area contributed by atoms with Crippen molar-refractivity contribution in [3.05, 3.63) is 127 Å². The van der Waals surface area contributed by atoms with Gasteiger partial charge in [-0.05, 0) is 61.5 Å². The molecule has 0 amide bonds. The fraction of sp³-hybridized carbons (Fsp3) is 0.0909. The lowest BCUT2D eigenvalue weighted by Gasteiger charge is -2.08. The van der Waals surface area contributed by atoms with Crippen molar-refractivity contribution in [3.63, 3.8) is 0 Å². The van der Waals surface area contributed by atoms with Crippen LogP contribution in [-0.4, -0.2) is 9.13 Å². The van der Waals surface area contributed by atoms with Gasteiger partial charge >= 0.3 is 0 Å². The number of nitrogens with zero attached hydrogens (tertiary/aromatic N) is 4. The van der Waals surface area contributed by atoms with Crippen molar-refractivity contribution in [3.8, 4) is 17.2 Å². The van der Waals surface area contributed by atoms with E-state index in [0.29, 0.717) is 0 Å². The molecule has 0 N–H and O–H groups in total. The van der Waals surface area contributed by atoms with Crippen LogP contribution in [-0.2, 0) is 7.05 Å². The Morgan fingerprint density at radius 2 is 1.30 bits per heavy atom. The van der Waals surface area contributed by atoms with E-state index in [1.807, 2.05) is 0 Å². The van der Waals surface area contributed by atoms with Crippen LogP contribution in [0.5, 0.6) is 0 Å². The fourth-order valence-corrected chi connectivity index (χ4v) is 5.94. The number of imidazole rings is 1. The average Bonchev–Trinajstić information content (AvgIpc) is 3.42. The number of rotatable bonds is 3. The predicted octanol–water partition coefficient (Wildman–Crippen LogP) is 6.45. The summed E-state index contributed by atoms with van der Waals surface area (Å²) in [5.41, 5.74) is 8.45. The predicted molar refractivity (Wildman–Crippen MR) is 150 cm³/mol. The lowest BCUT2D eigenvalue weighted by atomic mass is 10.1. The summed E-state index contributed by atoms with van der Waals surface area (Å²) in [4.78, 5) is 0. The third-order valence-electron chi connectivity index (χ3n) is 7.58. The fourth-order valence-electron chi connectivity index (χ4n) is 5.94. The van der Waals surface area contributed by atoms with Crippen LogP contribution in [0.25, 0.3) is 50.0 Å². The number of benzene rings is 4. The second-order valence-corrected chi connectivity index (χ2v) is 9.67. The van der Waals surface area contributed by atoms with E-state index >= 15 is 0 Å². The molecule has 0 spiro atoms. The third kappa shape index (κ3) is 3.09. The van der Waals surface area contributed by atoms with Gasteiger partial charge in [-0.1, -0.05) is 48.5 Å². The van der Waals surface area contributed by atoms with Crippen LogP contribution in [0.1, 0.15) is 11.4 Å². The van der Waals surface area contributed by atoms with E-state index in [0.717, 1.165) is 5.82 Å². The number of fused-ring (bicyclic) bond motifs is 4. The number of aryl methyl sites for hydroxylation is 2. The summed E-state index contributed by atoms with van der Waals surface area (Å²) in [6.07, 6.45) is 2.11. The molecule has 3 aromatic heterocycles. The molecule has 0 aliphatic carbocycles. The first kappa shape index (κ1) is 21.6. The van der Waals surface area contributed by atoms with E-state index in [1.54, 1.807) is 0 Å². The normalized spacial score (nSPS) is 11.6. The topological polar surface area (TPSA) is 17.6 Å². The highest BCUT2D eigenvalue weighted by atomic mass is 15.2. The molecule has 0 bridgehead atoms. The molecule has 7 rings (SSSR count). The Kier molecular flexibility index (Phi) is 4.76. The van der Waals surface area contributed by atoms with Gasteiger partial charge in [-0.15, -0.1) is 0 Å². The van der Waals surface area contributed by atoms with Crippen LogP contribution < -0.4 is 9.13 Å². The van der Waals surface area contributed by atoms with Crippen LogP contribution in [0.3, 0.4) is 0 Å². The highest BCUT2D eigenvalue weighted by Gasteiger charge is 2.29. The Hall–Kier alpha value is -4.70. The lowest BCUT2D eigenvalue weighted by molar-refractivity contribution is -0.665. The molecule has 4 aromatic carbocycles. The third-order valence-corrected chi connectivity index (χ3v) is 7.58. The van der Waals surface area contributed by atoms with Crippen molar-refractivity contribution in [1.29, 1.82) is 0 Å². The molecule has 0 aliphatic heterocycles. The summed E-state index contributed by atoms with van der Waals surface area (Å²) >= 11 is 0. The highest BCUT2D eigenvalue weighted by molar-refractivity contribution is 6.10. The first-order valence-corrected chi connectivity index (χ1v) is 12.7. The molecule has 37 heavy (non-hydrogen) atoms. The second kappa shape index (κ2) is 8.17. The highest BCUT2D eigenvalue weighted by Crippen LogP contribution is 2.35. The molecule has 4 nitrogen and oxygen atoms in total. The van der Waals surface area contributed by atoms with Crippen molar-refractivity contribution < 1.29 is 9.13 Å². The SMILES string of the molecule is Cc1c(-[n+]2c(C)n(-c3ccccc3)c3ccccc32)ccc2c3ccccc3n(-c3cccc[n+]3C)c12. The van der Waals surface area contributed by atoms with Gasteiger partial charge < -0.3 is 0 Å². The minimum Gasteiger partial charge on any atom is -0.237 e. The summed E-state index contributed by atoms with van der Waals surface area (Å²) in [7, 11) is 2.11. The Morgan fingerprint density at radius 3 is 2.11 bits per heavy atom. The summed E-state index contributed by atoms with van der Waals surface area (Å²) in [5, 5.41) is 2.54. The zero-order valence-electron chi connectivity index (χ0n) is 21.3. The van der Waals surface area contributed by atoms with Crippen LogP contribution in [0, 0.1) is 13.8 Å². The van der Waals surface area contributed by atoms with Gasteiger partial charge in [-0.25, -0.2) is 4.57 Å². The number of hydrogen-bond acceptors (Lipinski definition) is 0. The molecule has 0 saturated carbocycles. The van der Waals surface area contributed by atoms with Gasteiger partial charge in [0.25, 0.3) is 11.6 Å². The number of aromatic nitrogens is 4. The average molecular weight is 481 g/mol. The molecule has 0 saturated heterocycles. The lowest BCUT2D eigenvalue weighted by Crippen LogP contribution is -2.35. The number of hydrogen-bond donors (Lipinski definition) is 0.